The molecule has 1 aliphatic carbocycles. The van der Waals surface area contributed by atoms with Crippen molar-refractivity contribution in [2.24, 2.45) is 11.7 Å². The van der Waals surface area contributed by atoms with Gasteiger partial charge in [-0.2, -0.15) is 0 Å². The zero-order chi connectivity index (χ0) is 13.4. The number of nitrogens with zero attached hydrogens (tertiary/aromatic N) is 1. The summed E-state index contributed by atoms with van der Waals surface area (Å²) in [6, 6.07) is 8.55. The highest BCUT2D eigenvalue weighted by molar-refractivity contribution is 5.87. The smallest absolute Gasteiger partial charge is 0.230 e. The van der Waals surface area contributed by atoms with E-state index in [9.17, 15) is 4.79 Å². The highest BCUT2D eigenvalue weighted by Gasteiger charge is 2.36. The maximum Gasteiger partial charge on any atom is 0.230 e. The second-order valence-electron chi connectivity index (χ2n) is 5.98. The molecule has 3 rings (SSSR count). The molecule has 2 N–H and O–H groups in total. The van der Waals surface area contributed by atoms with Gasteiger partial charge in [0.25, 0.3) is 0 Å². The number of benzene rings is 1. The second-order valence-corrected chi connectivity index (χ2v) is 5.98. The van der Waals surface area contributed by atoms with Crippen LogP contribution in [0.1, 0.15) is 36.8 Å². The van der Waals surface area contributed by atoms with Crippen molar-refractivity contribution in [3.05, 3.63) is 35.4 Å². The zero-order valence-corrected chi connectivity index (χ0v) is 11.5. The molecule has 2 unspecified atom stereocenters. The first kappa shape index (κ1) is 12.7. The molecule has 0 spiro atoms. The van der Waals surface area contributed by atoms with Gasteiger partial charge in [-0.1, -0.05) is 24.3 Å². The molecule has 1 aromatic carbocycles. The van der Waals surface area contributed by atoms with Gasteiger partial charge in [0.05, 0.1) is 5.92 Å². The normalized spacial score (nSPS) is 24.5. The van der Waals surface area contributed by atoms with Crippen LogP contribution in [-0.4, -0.2) is 29.9 Å². The maximum absolute atomic E-state index is 12.5. The molecule has 0 radical (unpaired) electrons. The lowest BCUT2D eigenvalue weighted by Gasteiger charge is -2.38. The van der Waals surface area contributed by atoms with E-state index in [1.807, 2.05) is 17.0 Å². The van der Waals surface area contributed by atoms with Crippen molar-refractivity contribution in [1.82, 2.24) is 4.90 Å². The van der Waals surface area contributed by atoms with Crippen molar-refractivity contribution in [2.45, 2.75) is 38.1 Å². The Morgan fingerprint density at radius 3 is 2.63 bits per heavy atom. The number of fused-ring (bicyclic) bond motifs is 1. The van der Waals surface area contributed by atoms with Gasteiger partial charge in [0.1, 0.15) is 0 Å². The monoisotopic (exact) mass is 258 g/mol. The zero-order valence-electron chi connectivity index (χ0n) is 11.5. The highest BCUT2D eigenvalue weighted by Crippen LogP contribution is 2.37. The highest BCUT2D eigenvalue weighted by atomic mass is 16.2. The summed E-state index contributed by atoms with van der Waals surface area (Å²) in [6.45, 7) is 3.83. The first-order valence-corrected chi connectivity index (χ1v) is 7.29. The first-order valence-electron chi connectivity index (χ1n) is 7.29. The summed E-state index contributed by atoms with van der Waals surface area (Å²) in [4.78, 5) is 14.6. The number of likely N-dealkylation sites (tertiary alicyclic amines) is 1. The fourth-order valence-corrected chi connectivity index (χ4v) is 3.35. The van der Waals surface area contributed by atoms with Gasteiger partial charge in [-0.05, 0) is 43.2 Å². The summed E-state index contributed by atoms with van der Waals surface area (Å²) in [5.74, 6) is 1.02. The van der Waals surface area contributed by atoms with Crippen LogP contribution >= 0.6 is 0 Å². The van der Waals surface area contributed by atoms with E-state index in [2.05, 4.69) is 19.1 Å². The van der Waals surface area contributed by atoms with Crippen molar-refractivity contribution >= 4 is 5.91 Å². The Balaban J connectivity index is 1.62. The summed E-state index contributed by atoms with van der Waals surface area (Å²) in [5.41, 5.74) is 8.52. The largest absolute Gasteiger partial charge is 0.342 e. The van der Waals surface area contributed by atoms with Crippen LogP contribution in [0, 0.1) is 5.92 Å². The van der Waals surface area contributed by atoms with E-state index >= 15 is 0 Å². The van der Waals surface area contributed by atoms with Gasteiger partial charge in [0, 0.05) is 19.1 Å². The van der Waals surface area contributed by atoms with Crippen LogP contribution in [0.4, 0.5) is 0 Å². The van der Waals surface area contributed by atoms with E-state index in [-0.39, 0.29) is 12.0 Å². The van der Waals surface area contributed by atoms with Crippen LogP contribution in [0.2, 0.25) is 0 Å². The van der Waals surface area contributed by atoms with E-state index in [4.69, 9.17) is 5.73 Å². The fraction of sp³-hybridized carbons (Fsp3) is 0.562. The van der Waals surface area contributed by atoms with Gasteiger partial charge in [0.2, 0.25) is 5.91 Å². The number of nitrogens with two attached hydrogens (primary N) is 1. The van der Waals surface area contributed by atoms with Crippen molar-refractivity contribution < 1.29 is 4.79 Å². The number of piperidine rings is 1. The third-order valence-electron chi connectivity index (χ3n) is 4.75. The molecule has 1 fully saturated rings. The van der Waals surface area contributed by atoms with Crippen molar-refractivity contribution in [1.29, 1.82) is 0 Å². The second kappa shape index (κ2) is 4.97. The summed E-state index contributed by atoms with van der Waals surface area (Å²) in [5, 5.41) is 0. The van der Waals surface area contributed by atoms with Gasteiger partial charge in [-0.3, -0.25) is 4.79 Å². The average molecular weight is 258 g/mol. The Hall–Kier alpha value is -1.35. The molecule has 2 atom stereocenters. The lowest BCUT2D eigenvalue weighted by atomic mass is 9.76. The van der Waals surface area contributed by atoms with E-state index in [0.717, 1.165) is 32.4 Å². The topological polar surface area (TPSA) is 46.3 Å². The first-order chi connectivity index (χ1) is 9.16. The minimum atomic E-state index is 0.114. The minimum Gasteiger partial charge on any atom is -0.342 e. The predicted molar refractivity (Wildman–Crippen MR) is 75.8 cm³/mol. The molecule has 2 aliphatic rings. The molecular formula is C16H22N2O. The van der Waals surface area contributed by atoms with Crippen molar-refractivity contribution in [3.8, 4) is 0 Å². The Labute approximate surface area is 114 Å². The van der Waals surface area contributed by atoms with Gasteiger partial charge in [0.15, 0.2) is 0 Å². The molecule has 1 saturated heterocycles. The molecule has 3 nitrogen and oxygen atoms in total. The predicted octanol–water partition coefficient (Wildman–Crippen LogP) is 1.91. The average Bonchev–Trinajstić information content (AvgIpc) is 2.40. The molecule has 0 saturated carbocycles. The summed E-state index contributed by atoms with van der Waals surface area (Å²) in [7, 11) is 0. The van der Waals surface area contributed by atoms with E-state index < -0.39 is 0 Å². The minimum absolute atomic E-state index is 0.114. The van der Waals surface area contributed by atoms with Crippen molar-refractivity contribution in [2.75, 3.05) is 13.1 Å². The summed E-state index contributed by atoms with van der Waals surface area (Å²) >= 11 is 0. The summed E-state index contributed by atoms with van der Waals surface area (Å²) < 4.78 is 0. The van der Waals surface area contributed by atoms with E-state index in [1.165, 1.54) is 11.1 Å². The molecule has 1 aromatic rings. The van der Waals surface area contributed by atoms with Gasteiger partial charge >= 0.3 is 0 Å². The quantitative estimate of drug-likeness (QED) is 0.881. The van der Waals surface area contributed by atoms with Crippen LogP contribution in [0.15, 0.2) is 24.3 Å². The van der Waals surface area contributed by atoms with Gasteiger partial charge in [-0.15, -0.1) is 0 Å². The number of hydrogen-bond donors (Lipinski definition) is 1. The third kappa shape index (κ3) is 2.27. The molecule has 0 aromatic heterocycles. The lowest BCUT2D eigenvalue weighted by Crippen LogP contribution is -2.46. The Bertz CT molecular complexity index is 475. The van der Waals surface area contributed by atoms with E-state index in [0.29, 0.717) is 11.8 Å². The number of rotatable bonds is 2. The van der Waals surface area contributed by atoms with E-state index in [1.54, 1.807) is 0 Å². The van der Waals surface area contributed by atoms with Crippen LogP contribution in [0.25, 0.3) is 0 Å². The van der Waals surface area contributed by atoms with Crippen LogP contribution in [0.3, 0.4) is 0 Å². The maximum atomic E-state index is 12.5. The fourth-order valence-electron chi connectivity index (χ4n) is 3.35. The number of carbonyl (C=O) groups excluding carboxylic acids is 1. The SMILES string of the molecule is CC(N)C1CCN(C(=O)C2Cc3ccccc32)CC1. The molecule has 1 amide bonds. The molecule has 0 bridgehead atoms. The summed E-state index contributed by atoms with van der Waals surface area (Å²) in [6.07, 6.45) is 3.03. The Morgan fingerprint density at radius 1 is 1.32 bits per heavy atom. The number of amides is 1. The van der Waals surface area contributed by atoms with Crippen LogP contribution in [-0.2, 0) is 11.2 Å². The molecular weight excluding hydrogens is 236 g/mol. The Kier molecular flexibility index (Phi) is 3.31. The molecule has 102 valence electrons. The third-order valence-corrected chi connectivity index (χ3v) is 4.75. The lowest BCUT2D eigenvalue weighted by molar-refractivity contribution is -0.134. The Morgan fingerprint density at radius 2 is 2.00 bits per heavy atom. The standard InChI is InChI=1S/C16H22N2O/c1-11(17)12-6-8-18(9-7-12)16(19)15-10-13-4-2-3-5-14(13)15/h2-5,11-12,15H,6-10,17H2,1H3. The molecule has 19 heavy (non-hydrogen) atoms. The van der Waals surface area contributed by atoms with Crippen LogP contribution < -0.4 is 5.73 Å². The van der Waals surface area contributed by atoms with Gasteiger partial charge in [-0.25, -0.2) is 0 Å². The number of carbonyl (C=O) groups is 1. The van der Waals surface area contributed by atoms with Crippen LogP contribution in [0.5, 0.6) is 0 Å². The van der Waals surface area contributed by atoms with Gasteiger partial charge < -0.3 is 10.6 Å². The number of hydrogen-bond acceptors (Lipinski definition) is 2. The van der Waals surface area contributed by atoms with Crippen molar-refractivity contribution in [3.63, 3.8) is 0 Å². The molecule has 1 aliphatic heterocycles. The molecule has 3 heteroatoms. The molecule has 1 heterocycles.